The SMILES string of the molecule is CCc1ccccc1N(CC(=O)N(Cc1ccc(Br)cc1)[C@H](C)C(=O)NC1CCCC1)S(=O)(=O)c1ccc(C)cc1. The Kier molecular flexibility index (Phi) is 10.3. The number of benzene rings is 3. The first kappa shape index (κ1) is 30.8. The number of nitrogens with one attached hydrogen (secondary N) is 1. The van der Waals surface area contributed by atoms with Crippen LogP contribution in [0.1, 0.15) is 56.2 Å². The van der Waals surface area contributed by atoms with Crippen LogP contribution in [0.25, 0.3) is 0 Å². The molecule has 218 valence electrons. The van der Waals surface area contributed by atoms with Gasteiger partial charge >= 0.3 is 0 Å². The summed E-state index contributed by atoms with van der Waals surface area (Å²) in [6.45, 7) is 5.28. The van der Waals surface area contributed by atoms with Crippen molar-refractivity contribution < 1.29 is 18.0 Å². The summed E-state index contributed by atoms with van der Waals surface area (Å²) in [5.74, 6) is -0.687. The summed E-state index contributed by atoms with van der Waals surface area (Å²) in [7, 11) is -4.10. The third-order valence-corrected chi connectivity index (χ3v) is 9.97. The Hall–Kier alpha value is -3.17. The van der Waals surface area contributed by atoms with Gasteiger partial charge in [0.05, 0.1) is 10.6 Å². The Balaban J connectivity index is 1.71. The first-order valence-corrected chi connectivity index (χ1v) is 16.3. The lowest BCUT2D eigenvalue weighted by atomic mass is 10.1. The fourth-order valence-corrected chi connectivity index (χ4v) is 6.88. The monoisotopic (exact) mass is 639 g/mol. The summed E-state index contributed by atoms with van der Waals surface area (Å²) in [5, 5.41) is 3.10. The number of aryl methyl sites for hydroxylation is 2. The molecule has 3 aromatic rings. The third kappa shape index (κ3) is 7.57. The molecule has 2 amide bonds. The minimum Gasteiger partial charge on any atom is -0.352 e. The van der Waals surface area contributed by atoms with E-state index in [1.807, 2.05) is 50.2 Å². The van der Waals surface area contributed by atoms with E-state index < -0.39 is 28.5 Å². The van der Waals surface area contributed by atoms with Gasteiger partial charge < -0.3 is 10.2 Å². The van der Waals surface area contributed by atoms with Gasteiger partial charge in [0, 0.05) is 17.1 Å². The number of rotatable bonds is 11. The minimum absolute atomic E-state index is 0.101. The molecule has 1 fully saturated rings. The lowest BCUT2D eigenvalue weighted by Gasteiger charge is -2.33. The zero-order valence-electron chi connectivity index (χ0n) is 23.8. The molecular formula is C32H38BrN3O4S. The Bertz CT molecular complexity index is 1450. The van der Waals surface area contributed by atoms with E-state index in [1.54, 1.807) is 43.3 Å². The average molecular weight is 641 g/mol. The van der Waals surface area contributed by atoms with E-state index in [2.05, 4.69) is 21.2 Å². The van der Waals surface area contributed by atoms with Gasteiger partial charge in [-0.1, -0.05) is 83.7 Å². The second-order valence-electron chi connectivity index (χ2n) is 10.6. The highest BCUT2D eigenvalue weighted by Crippen LogP contribution is 2.28. The van der Waals surface area contributed by atoms with Crippen LogP contribution in [0.3, 0.4) is 0 Å². The summed E-state index contributed by atoms with van der Waals surface area (Å²) in [4.78, 5) is 29.1. The van der Waals surface area contributed by atoms with Crippen LogP contribution in [0.4, 0.5) is 5.69 Å². The van der Waals surface area contributed by atoms with Crippen LogP contribution < -0.4 is 9.62 Å². The highest BCUT2D eigenvalue weighted by molar-refractivity contribution is 9.10. The standard InChI is InChI=1S/C32H38BrN3O4S/c1-4-26-9-5-8-12-30(26)36(41(39,40)29-19-13-23(2)14-20-29)22-31(37)35(21-25-15-17-27(33)18-16-25)24(3)32(38)34-28-10-6-7-11-28/h5,8-9,12-20,24,28H,4,6-7,10-11,21-22H2,1-3H3,(H,34,38)/t24-/m1/s1. The van der Waals surface area contributed by atoms with Gasteiger partial charge in [-0.05, 0) is 74.6 Å². The number of para-hydroxylation sites is 1. The molecule has 0 aromatic heterocycles. The van der Waals surface area contributed by atoms with E-state index in [4.69, 9.17) is 0 Å². The van der Waals surface area contributed by atoms with Crippen LogP contribution in [-0.4, -0.2) is 43.8 Å². The molecular weight excluding hydrogens is 602 g/mol. The Morgan fingerprint density at radius 1 is 0.976 bits per heavy atom. The first-order chi connectivity index (χ1) is 19.6. The van der Waals surface area contributed by atoms with E-state index in [0.717, 1.165) is 46.8 Å². The molecule has 3 aromatic carbocycles. The van der Waals surface area contributed by atoms with Gasteiger partial charge in [-0.15, -0.1) is 0 Å². The quantitative estimate of drug-likeness (QED) is 0.279. The predicted octanol–water partition coefficient (Wildman–Crippen LogP) is 5.99. The zero-order valence-corrected chi connectivity index (χ0v) is 26.2. The topological polar surface area (TPSA) is 86.8 Å². The molecule has 4 rings (SSSR count). The molecule has 1 aliphatic carbocycles. The lowest BCUT2D eigenvalue weighted by molar-refractivity contribution is -0.139. The molecule has 0 bridgehead atoms. The summed E-state index contributed by atoms with van der Waals surface area (Å²) in [6.07, 6.45) is 4.59. The van der Waals surface area contributed by atoms with Crippen molar-refractivity contribution in [1.82, 2.24) is 10.2 Å². The van der Waals surface area contributed by atoms with Gasteiger partial charge in [0.2, 0.25) is 11.8 Å². The van der Waals surface area contributed by atoms with Gasteiger partial charge in [-0.2, -0.15) is 0 Å². The van der Waals surface area contributed by atoms with Gasteiger partial charge in [0.1, 0.15) is 12.6 Å². The molecule has 0 unspecified atom stereocenters. The van der Waals surface area contributed by atoms with Crippen LogP contribution in [0, 0.1) is 6.92 Å². The van der Waals surface area contributed by atoms with E-state index in [0.29, 0.717) is 12.1 Å². The molecule has 0 spiro atoms. The van der Waals surface area contributed by atoms with Gasteiger partial charge in [-0.25, -0.2) is 8.42 Å². The summed E-state index contributed by atoms with van der Waals surface area (Å²) >= 11 is 3.44. The van der Waals surface area contributed by atoms with Crippen molar-refractivity contribution >= 4 is 43.5 Å². The second kappa shape index (κ2) is 13.7. The number of nitrogens with zero attached hydrogens (tertiary/aromatic N) is 2. The molecule has 41 heavy (non-hydrogen) atoms. The lowest BCUT2D eigenvalue weighted by Crippen LogP contribution is -2.52. The molecule has 7 nitrogen and oxygen atoms in total. The number of carbonyl (C=O) groups excluding carboxylic acids is 2. The molecule has 1 N–H and O–H groups in total. The number of carbonyl (C=O) groups is 2. The fourth-order valence-electron chi connectivity index (χ4n) is 5.16. The van der Waals surface area contributed by atoms with Gasteiger partial charge in [0.15, 0.2) is 0 Å². The maximum absolute atomic E-state index is 14.1. The summed E-state index contributed by atoms with van der Waals surface area (Å²) in [5.41, 5.74) is 3.03. The van der Waals surface area contributed by atoms with Crippen molar-refractivity contribution in [1.29, 1.82) is 0 Å². The number of sulfonamides is 1. The first-order valence-electron chi connectivity index (χ1n) is 14.1. The molecule has 9 heteroatoms. The Morgan fingerprint density at radius 3 is 2.24 bits per heavy atom. The smallest absolute Gasteiger partial charge is 0.264 e. The molecule has 0 heterocycles. The average Bonchev–Trinajstić information content (AvgIpc) is 3.48. The molecule has 0 radical (unpaired) electrons. The maximum atomic E-state index is 14.1. The maximum Gasteiger partial charge on any atom is 0.264 e. The van der Waals surface area contributed by atoms with E-state index >= 15 is 0 Å². The minimum atomic E-state index is -4.10. The van der Waals surface area contributed by atoms with Gasteiger partial charge in [0.25, 0.3) is 10.0 Å². The number of halogens is 1. The van der Waals surface area contributed by atoms with Crippen LogP contribution in [0.2, 0.25) is 0 Å². The molecule has 1 atom stereocenters. The predicted molar refractivity (Wildman–Crippen MR) is 166 cm³/mol. The normalized spacial score (nSPS) is 14.4. The number of hydrogen-bond acceptors (Lipinski definition) is 4. The van der Waals surface area contributed by atoms with E-state index in [1.165, 1.54) is 9.21 Å². The Labute approximate surface area is 252 Å². The van der Waals surface area contributed by atoms with Crippen LogP contribution in [0.5, 0.6) is 0 Å². The molecule has 0 aliphatic heterocycles. The van der Waals surface area contributed by atoms with Crippen molar-refractivity contribution in [2.75, 3.05) is 10.8 Å². The van der Waals surface area contributed by atoms with Crippen LogP contribution >= 0.6 is 15.9 Å². The van der Waals surface area contributed by atoms with Crippen molar-refractivity contribution in [3.05, 3.63) is 94.0 Å². The number of amides is 2. The summed E-state index contributed by atoms with van der Waals surface area (Å²) in [6, 6.07) is 20.7. The molecule has 1 saturated carbocycles. The highest BCUT2D eigenvalue weighted by atomic mass is 79.9. The van der Waals surface area contributed by atoms with E-state index in [-0.39, 0.29) is 23.4 Å². The third-order valence-electron chi connectivity index (χ3n) is 7.66. The summed E-state index contributed by atoms with van der Waals surface area (Å²) < 4.78 is 30.2. The molecule has 0 saturated heterocycles. The van der Waals surface area contributed by atoms with Crippen LogP contribution in [0.15, 0.2) is 82.2 Å². The van der Waals surface area contributed by atoms with Gasteiger partial charge in [-0.3, -0.25) is 13.9 Å². The number of anilines is 1. The molecule has 1 aliphatic rings. The van der Waals surface area contributed by atoms with E-state index in [9.17, 15) is 18.0 Å². The zero-order chi connectivity index (χ0) is 29.6. The number of hydrogen-bond donors (Lipinski definition) is 1. The van der Waals surface area contributed by atoms with Crippen LogP contribution in [-0.2, 0) is 32.6 Å². The van der Waals surface area contributed by atoms with Crippen molar-refractivity contribution in [3.63, 3.8) is 0 Å². The van der Waals surface area contributed by atoms with Crippen molar-refractivity contribution in [3.8, 4) is 0 Å². The second-order valence-corrected chi connectivity index (χ2v) is 13.4. The fraction of sp³-hybridized carbons (Fsp3) is 0.375. The van der Waals surface area contributed by atoms with Crippen molar-refractivity contribution in [2.24, 2.45) is 0 Å². The Morgan fingerprint density at radius 2 is 1.61 bits per heavy atom. The van der Waals surface area contributed by atoms with Crippen molar-refractivity contribution in [2.45, 2.75) is 76.4 Å². The highest BCUT2D eigenvalue weighted by Gasteiger charge is 2.34. The largest absolute Gasteiger partial charge is 0.352 e.